The number of fused-ring (bicyclic) bond motifs is 3. The van der Waals surface area contributed by atoms with Crippen LogP contribution in [0.4, 0.5) is 5.69 Å². The second-order valence-electron chi connectivity index (χ2n) is 6.90. The molecule has 1 fully saturated rings. The first-order valence-corrected chi connectivity index (χ1v) is 8.75. The molecular formula is C20H20N2O5. The fourth-order valence-electron chi connectivity index (χ4n) is 4.15. The van der Waals surface area contributed by atoms with E-state index < -0.39 is 18.0 Å². The van der Waals surface area contributed by atoms with E-state index in [9.17, 15) is 19.8 Å². The highest BCUT2D eigenvalue weighted by Crippen LogP contribution is 2.46. The number of carbonyl (C=O) groups is 2. The third-order valence-corrected chi connectivity index (χ3v) is 5.43. The van der Waals surface area contributed by atoms with Crippen LogP contribution in [-0.4, -0.2) is 41.3 Å². The van der Waals surface area contributed by atoms with Gasteiger partial charge in [0.1, 0.15) is 17.4 Å². The molecule has 2 aliphatic heterocycles. The monoisotopic (exact) mass is 368 g/mol. The molecule has 7 heteroatoms. The van der Waals surface area contributed by atoms with Crippen LogP contribution in [0.1, 0.15) is 39.9 Å². The molecule has 2 aromatic carbocycles. The summed E-state index contributed by atoms with van der Waals surface area (Å²) in [6, 6.07) is 11.5. The summed E-state index contributed by atoms with van der Waals surface area (Å²) >= 11 is 0. The van der Waals surface area contributed by atoms with Crippen molar-refractivity contribution in [1.82, 2.24) is 5.32 Å². The lowest BCUT2D eigenvalue weighted by atomic mass is 9.79. The molecule has 27 heavy (non-hydrogen) atoms. The number of phenolic OH excluding ortho intramolecular Hbond substituents is 1. The number of anilines is 1. The van der Waals surface area contributed by atoms with Crippen molar-refractivity contribution in [2.75, 3.05) is 12.4 Å². The van der Waals surface area contributed by atoms with Crippen molar-refractivity contribution >= 4 is 17.6 Å². The topological polar surface area (TPSA) is 108 Å². The molecule has 2 aliphatic rings. The summed E-state index contributed by atoms with van der Waals surface area (Å²) in [6.07, 6.45) is 0.475. The molecular weight excluding hydrogens is 348 g/mol. The quantitative estimate of drug-likeness (QED) is 0.616. The van der Waals surface area contributed by atoms with Gasteiger partial charge >= 0.3 is 11.9 Å². The summed E-state index contributed by atoms with van der Waals surface area (Å²) in [7, 11) is 1.25. The van der Waals surface area contributed by atoms with Crippen LogP contribution in [0, 0.1) is 0 Å². The Balaban J connectivity index is 1.75. The van der Waals surface area contributed by atoms with Gasteiger partial charge in [-0.3, -0.25) is 10.1 Å². The van der Waals surface area contributed by atoms with E-state index in [4.69, 9.17) is 4.74 Å². The molecule has 4 atom stereocenters. The van der Waals surface area contributed by atoms with Gasteiger partial charge in [-0.25, -0.2) is 4.79 Å². The highest BCUT2D eigenvalue weighted by atomic mass is 16.5. The lowest BCUT2D eigenvalue weighted by molar-refractivity contribution is -0.140. The zero-order valence-electron chi connectivity index (χ0n) is 14.7. The normalized spacial score (nSPS) is 25.8. The van der Waals surface area contributed by atoms with Crippen LogP contribution < -0.4 is 10.6 Å². The largest absolute Gasteiger partial charge is 0.507 e. The number of nitrogens with one attached hydrogen (secondary N) is 2. The fraction of sp³-hybridized carbons (Fsp3) is 0.300. The average Bonchev–Trinajstić information content (AvgIpc) is 3.05. The van der Waals surface area contributed by atoms with Crippen LogP contribution in [-0.2, 0) is 9.53 Å². The molecule has 2 heterocycles. The number of piperidine rings is 1. The molecule has 0 aromatic heterocycles. The molecule has 140 valence electrons. The first-order valence-electron chi connectivity index (χ1n) is 8.75. The van der Waals surface area contributed by atoms with Crippen LogP contribution >= 0.6 is 0 Å². The van der Waals surface area contributed by atoms with E-state index in [1.54, 1.807) is 12.1 Å². The van der Waals surface area contributed by atoms with Crippen LogP contribution in [0.2, 0.25) is 0 Å². The second-order valence-corrected chi connectivity index (χ2v) is 6.90. The molecule has 0 spiro atoms. The van der Waals surface area contributed by atoms with Crippen molar-refractivity contribution in [3.63, 3.8) is 0 Å². The minimum atomic E-state index is -0.908. The van der Waals surface area contributed by atoms with Crippen molar-refractivity contribution in [1.29, 1.82) is 0 Å². The highest BCUT2D eigenvalue weighted by molar-refractivity contribution is 5.92. The second kappa shape index (κ2) is 6.59. The Labute approximate surface area is 156 Å². The van der Waals surface area contributed by atoms with E-state index in [0.29, 0.717) is 6.42 Å². The van der Waals surface area contributed by atoms with Gasteiger partial charge in [0.25, 0.3) is 0 Å². The Morgan fingerprint density at radius 3 is 2.70 bits per heavy atom. The van der Waals surface area contributed by atoms with Gasteiger partial charge in [0.15, 0.2) is 0 Å². The van der Waals surface area contributed by atoms with E-state index >= 15 is 0 Å². The van der Waals surface area contributed by atoms with Gasteiger partial charge in [-0.15, -0.1) is 0 Å². The standard InChI is InChI=1S/C20H20N2O5/c1-27-20(26)13-8-10(6-7-16(13)23)17-18-12(9-15(22-17)19(24)25)11-4-2-3-5-14(11)21-18/h2-8,12,15,17-18,21-23H,9H2,1H3,(H,24,25)/t12?,15-,17+,18?/m0/s1. The maximum atomic E-state index is 11.9. The lowest BCUT2D eigenvalue weighted by Gasteiger charge is -2.38. The molecule has 0 aliphatic carbocycles. The summed E-state index contributed by atoms with van der Waals surface area (Å²) in [4.78, 5) is 23.6. The third-order valence-electron chi connectivity index (χ3n) is 5.43. The van der Waals surface area contributed by atoms with Crippen LogP contribution in [0.15, 0.2) is 42.5 Å². The maximum absolute atomic E-state index is 11.9. The number of aliphatic carboxylic acids is 1. The van der Waals surface area contributed by atoms with Gasteiger partial charge in [-0.2, -0.15) is 0 Å². The Kier molecular flexibility index (Phi) is 4.24. The fourth-order valence-corrected chi connectivity index (χ4v) is 4.15. The Hall–Kier alpha value is -3.06. The van der Waals surface area contributed by atoms with E-state index in [1.807, 2.05) is 24.3 Å². The van der Waals surface area contributed by atoms with Gasteiger partial charge in [-0.05, 0) is 35.7 Å². The molecule has 2 unspecified atom stereocenters. The molecule has 2 aromatic rings. The predicted octanol–water partition coefficient (Wildman–Crippen LogP) is 2.24. The summed E-state index contributed by atoms with van der Waals surface area (Å²) in [5.74, 6) is -1.69. The number of carboxylic acids is 1. The number of carbonyl (C=O) groups excluding carboxylic acids is 1. The molecule has 0 radical (unpaired) electrons. The first kappa shape index (κ1) is 17.4. The van der Waals surface area contributed by atoms with Crippen molar-refractivity contribution in [2.24, 2.45) is 0 Å². The Morgan fingerprint density at radius 2 is 1.96 bits per heavy atom. The molecule has 4 N–H and O–H groups in total. The van der Waals surface area contributed by atoms with E-state index in [0.717, 1.165) is 16.8 Å². The van der Waals surface area contributed by atoms with Crippen LogP contribution in [0.25, 0.3) is 0 Å². The smallest absolute Gasteiger partial charge is 0.341 e. The van der Waals surface area contributed by atoms with Crippen LogP contribution in [0.3, 0.4) is 0 Å². The molecule has 0 amide bonds. The number of hydrogen-bond donors (Lipinski definition) is 4. The minimum Gasteiger partial charge on any atom is -0.507 e. The van der Waals surface area contributed by atoms with Crippen molar-refractivity contribution in [3.05, 3.63) is 59.2 Å². The summed E-state index contributed by atoms with van der Waals surface area (Å²) < 4.78 is 4.73. The molecule has 0 saturated carbocycles. The number of esters is 1. The SMILES string of the molecule is COC(=O)c1cc([C@H]2N[C@H](C(=O)O)CC3c4ccccc4NC32)ccc1O. The van der Waals surface area contributed by atoms with Crippen molar-refractivity contribution in [2.45, 2.75) is 30.5 Å². The first-order chi connectivity index (χ1) is 13.0. The van der Waals surface area contributed by atoms with E-state index in [2.05, 4.69) is 10.6 Å². The molecule has 4 rings (SSSR count). The summed E-state index contributed by atoms with van der Waals surface area (Å²) in [5.41, 5.74) is 2.88. The van der Waals surface area contributed by atoms with E-state index in [-0.39, 0.29) is 29.3 Å². The van der Waals surface area contributed by atoms with Gasteiger partial charge in [-0.1, -0.05) is 24.3 Å². The lowest BCUT2D eigenvalue weighted by Crippen LogP contribution is -2.52. The van der Waals surface area contributed by atoms with E-state index in [1.165, 1.54) is 13.2 Å². The number of hydrogen-bond acceptors (Lipinski definition) is 6. The van der Waals surface area contributed by atoms with Gasteiger partial charge < -0.3 is 20.3 Å². The van der Waals surface area contributed by atoms with Crippen molar-refractivity contribution in [3.8, 4) is 5.75 Å². The van der Waals surface area contributed by atoms with Crippen molar-refractivity contribution < 1.29 is 24.5 Å². The minimum absolute atomic E-state index is 0.0314. The Bertz CT molecular complexity index is 913. The number of aromatic hydroxyl groups is 1. The maximum Gasteiger partial charge on any atom is 0.341 e. The number of benzene rings is 2. The highest BCUT2D eigenvalue weighted by Gasteiger charge is 2.45. The average molecular weight is 368 g/mol. The third kappa shape index (κ3) is 2.90. The number of para-hydroxylation sites is 1. The number of ether oxygens (including phenoxy) is 1. The van der Waals surface area contributed by atoms with Gasteiger partial charge in [0.05, 0.1) is 19.2 Å². The number of carboxylic acid groups (broad SMARTS) is 1. The predicted molar refractivity (Wildman–Crippen MR) is 98.0 cm³/mol. The Morgan fingerprint density at radius 1 is 1.19 bits per heavy atom. The van der Waals surface area contributed by atoms with Gasteiger partial charge in [0.2, 0.25) is 0 Å². The molecule has 1 saturated heterocycles. The number of rotatable bonds is 3. The molecule has 0 bridgehead atoms. The summed E-state index contributed by atoms with van der Waals surface area (Å²) in [5, 5.41) is 26.2. The summed E-state index contributed by atoms with van der Waals surface area (Å²) in [6.45, 7) is 0. The molecule has 7 nitrogen and oxygen atoms in total. The van der Waals surface area contributed by atoms with Crippen LogP contribution in [0.5, 0.6) is 5.75 Å². The zero-order chi connectivity index (χ0) is 19.1. The number of phenols is 1. The zero-order valence-corrected chi connectivity index (χ0v) is 14.7. The number of methoxy groups -OCH3 is 1. The van der Waals surface area contributed by atoms with Gasteiger partial charge in [0, 0.05) is 11.6 Å².